The van der Waals surface area contributed by atoms with Crippen molar-refractivity contribution in [1.82, 2.24) is 4.90 Å². The van der Waals surface area contributed by atoms with Crippen LogP contribution in [0.5, 0.6) is 0 Å². The summed E-state index contributed by atoms with van der Waals surface area (Å²) < 4.78 is 0. The molecule has 0 amide bonds. The molecule has 0 aromatic heterocycles. The summed E-state index contributed by atoms with van der Waals surface area (Å²) in [6.45, 7) is 0.820. The number of carbonyl (C=O) groups is 2. The van der Waals surface area contributed by atoms with E-state index < -0.39 is 17.9 Å². The lowest BCUT2D eigenvalue weighted by Crippen LogP contribution is -2.31. The molecule has 0 saturated carbocycles. The molecule has 0 heterocycles. The Labute approximate surface area is 106 Å². The molecule has 0 aliphatic heterocycles. The molecule has 1 atom stereocenters. The molecule has 1 rings (SSSR count). The van der Waals surface area contributed by atoms with Crippen LogP contribution in [0.2, 0.25) is 0 Å². The Balaban J connectivity index is 2.53. The van der Waals surface area contributed by atoms with Gasteiger partial charge in [-0.15, -0.1) is 0 Å². The molecule has 0 saturated heterocycles. The van der Waals surface area contributed by atoms with Gasteiger partial charge in [0.05, 0.1) is 12.3 Å². The zero-order chi connectivity index (χ0) is 13.5. The van der Waals surface area contributed by atoms with E-state index in [0.29, 0.717) is 6.54 Å². The van der Waals surface area contributed by atoms with Crippen LogP contribution in [0.15, 0.2) is 30.3 Å². The molecule has 1 aromatic rings. The van der Waals surface area contributed by atoms with Gasteiger partial charge in [-0.3, -0.25) is 9.59 Å². The van der Waals surface area contributed by atoms with Crippen molar-refractivity contribution in [3.05, 3.63) is 35.9 Å². The monoisotopic (exact) mass is 251 g/mol. The third kappa shape index (κ3) is 4.97. The second-order valence-corrected chi connectivity index (χ2v) is 4.32. The van der Waals surface area contributed by atoms with Crippen LogP contribution in [0.4, 0.5) is 0 Å². The van der Waals surface area contributed by atoms with Gasteiger partial charge in [-0.2, -0.15) is 0 Å². The first kappa shape index (κ1) is 14.2. The summed E-state index contributed by atoms with van der Waals surface area (Å²) >= 11 is 0. The van der Waals surface area contributed by atoms with Gasteiger partial charge in [0.15, 0.2) is 0 Å². The fourth-order valence-electron chi connectivity index (χ4n) is 1.78. The SMILES string of the molecule is CN(Cc1ccccc1)CC(CC(=O)O)C(=O)O. The molecule has 1 unspecified atom stereocenters. The van der Waals surface area contributed by atoms with Crippen LogP contribution in [0, 0.1) is 5.92 Å². The van der Waals surface area contributed by atoms with Gasteiger partial charge in [0.2, 0.25) is 0 Å². The Morgan fingerprint density at radius 2 is 1.83 bits per heavy atom. The maximum Gasteiger partial charge on any atom is 0.308 e. The van der Waals surface area contributed by atoms with Gasteiger partial charge < -0.3 is 15.1 Å². The summed E-state index contributed by atoms with van der Waals surface area (Å²) in [7, 11) is 1.78. The van der Waals surface area contributed by atoms with E-state index in [1.165, 1.54) is 0 Å². The molecule has 0 bridgehead atoms. The number of nitrogens with zero attached hydrogens (tertiary/aromatic N) is 1. The standard InChI is InChI=1S/C13H17NO4/c1-14(8-10-5-3-2-4-6-10)9-11(13(17)18)7-12(15)16/h2-6,11H,7-9H2,1H3,(H,15,16)(H,17,18). The fraction of sp³-hybridized carbons (Fsp3) is 0.385. The van der Waals surface area contributed by atoms with E-state index >= 15 is 0 Å². The Bertz CT molecular complexity index is 405. The minimum Gasteiger partial charge on any atom is -0.481 e. The smallest absolute Gasteiger partial charge is 0.308 e. The van der Waals surface area contributed by atoms with Crippen molar-refractivity contribution in [2.75, 3.05) is 13.6 Å². The maximum absolute atomic E-state index is 10.9. The Morgan fingerprint density at radius 3 is 2.33 bits per heavy atom. The van der Waals surface area contributed by atoms with Gasteiger partial charge in [-0.05, 0) is 12.6 Å². The first-order valence-corrected chi connectivity index (χ1v) is 5.66. The number of carboxylic acid groups (broad SMARTS) is 2. The number of carboxylic acids is 2. The van der Waals surface area contributed by atoms with Crippen molar-refractivity contribution in [1.29, 1.82) is 0 Å². The Hall–Kier alpha value is -1.88. The van der Waals surface area contributed by atoms with Crippen LogP contribution in [-0.2, 0) is 16.1 Å². The Kier molecular flexibility index (Phi) is 5.32. The van der Waals surface area contributed by atoms with Crippen LogP contribution in [0.3, 0.4) is 0 Å². The van der Waals surface area contributed by atoms with Gasteiger partial charge >= 0.3 is 11.9 Å². The molecule has 0 fully saturated rings. The van der Waals surface area contributed by atoms with Crippen LogP contribution in [0.1, 0.15) is 12.0 Å². The summed E-state index contributed by atoms with van der Waals surface area (Å²) in [6.07, 6.45) is -0.353. The van der Waals surface area contributed by atoms with Crippen LogP contribution in [-0.4, -0.2) is 40.6 Å². The highest BCUT2D eigenvalue weighted by Gasteiger charge is 2.22. The predicted molar refractivity (Wildman–Crippen MR) is 66.2 cm³/mol. The second-order valence-electron chi connectivity index (χ2n) is 4.32. The minimum absolute atomic E-state index is 0.219. The lowest BCUT2D eigenvalue weighted by Gasteiger charge is -2.20. The molecular formula is C13H17NO4. The second kappa shape index (κ2) is 6.76. The lowest BCUT2D eigenvalue weighted by molar-refractivity contribution is -0.148. The van der Waals surface area contributed by atoms with Crippen molar-refractivity contribution >= 4 is 11.9 Å². The van der Waals surface area contributed by atoms with Crippen LogP contribution in [0.25, 0.3) is 0 Å². The van der Waals surface area contributed by atoms with Crippen molar-refractivity contribution in [3.63, 3.8) is 0 Å². The highest BCUT2D eigenvalue weighted by molar-refractivity contribution is 5.77. The average molecular weight is 251 g/mol. The fourth-order valence-corrected chi connectivity index (χ4v) is 1.78. The molecule has 2 N–H and O–H groups in total. The van der Waals surface area contributed by atoms with Crippen molar-refractivity contribution in [2.45, 2.75) is 13.0 Å². The molecular weight excluding hydrogens is 234 g/mol. The third-order valence-corrected chi connectivity index (χ3v) is 2.60. The van der Waals surface area contributed by atoms with E-state index in [9.17, 15) is 9.59 Å². The van der Waals surface area contributed by atoms with Crippen molar-refractivity contribution in [2.24, 2.45) is 5.92 Å². The summed E-state index contributed by atoms with van der Waals surface area (Å²) in [6, 6.07) is 9.63. The Morgan fingerprint density at radius 1 is 1.22 bits per heavy atom. The summed E-state index contributed by atoms with van der Waals surface area (Å²) in [5.41, 5.74) is 1.07. The van der Waals surface area contributed by atoms with E-state index in [-0.39, 0.29) is 13.0 Å². The first-order chi connectivity index (χ1) is 8.49. The van der Waals surface area contributed by atoms with Gasteiger partial charge in [-0.25, -0.2) is 0 Å². The number of aliphatic carboxylic acids is 2. The third-order valence-electron chi connectivity index (χ3n) is 2.60. The maximum atomic E-state index is 10.9. The summed E-state index contributed by atoms with van der Waals surface area (Å²) in [5, 5.41) is 17.6. The van der Waals surface area contributed by atoms with E-state index in [2.05, 4.69) is 0 Å². The topological polar surface area (TPSA) is 77.8 Å². The molecule has 18 heavy (non-hydrogen) atoms. The molecule has 0 spiro atoms. The van der Waals surface area contributed by atoms with E-state index in [1.54, 1.807) is 7.05 Å². The quantitative estimate of drug-likeness (QED) is 0.763. The largest absolute Gasteiger partial charge is 0.481 e. The summed E-state index contributed by atoms with van der Waals surface area (Å²) in [4.78, 5) is 23.3. The molecule has 0 aliphatic carbocycles. The predicted octanol–water partition coefficient (Wildman–Crippen LogP) is 1.29. The molecule has 5 heteroatoms. The molecule has 98 valence electrons. The van der Waals surface area contributed by atoms with E-state index in [4.69, 9.17) is 10.2 Å². The van der Waals surface area contributed by atoms with Gasteiger partial charge in [0.1, 0.15) is 0 Å². The number of benzene rings is 1. The van der Waals surface area contributed by atoms with Crippen molar-refractivity contribution in [3.8, 4) is 0 Å². The molecule has 0 aliphatic rings. The van der Waals surface area contributed by atoms with E-state index in [0.717, 1.165) is 5.56 Å². The molecule has 0 radical (unpaired) electrons. The average Bonchev–Trinajstić information content (AvgIpc) is 2.28. The van der Waals surface area contributed by atoms with Crippen LogP contribution >= 0.6 is 0 Å². The van der Waals surface area contributed by atoms with Crippen LogP contribution < -0.4 is 0 Å². The highest BCUT2D eigenvalue weighted by Crippen LogP contribution is 2.09. The highest BCUT2D eigenvalue weighted by atomic mass is 16.4. The van der Waals surface area contributed by atoms with E-state index in [1.807, 2.05) is 35.2 Å². The van der Waals surface area contributed by atoms with Gasteiger partial charge in [-0.1, -0.05) is 30.3 Å². The lowest BCUT2D eigenvalue weighted by atomic mass is 10.1. The minimum atomic E-state index is -1.09. The molecule has 5 nitrogen and oxygen atoms in total. The van der Waals surface area contributed by atoms with Crippen molar-refractivity contribution < 1.29 is 19.8 Å². The summed E-state index contributed by atoms with van der Waals surface area (Å²) in [5.74, 6) is -3.04. The van der Waals surface area contributed by atoms with Gasteiger partial charge in [0, 0.05) is 13.1 Å². The van der Waals surface area contributed by atoms with Gasteiger partial charge in [0.25, 0.3) is 0 Å². The zero-order valence-corrected chi connectivity index (χ0v) is 10.2. The molecule has 1 aromatic carbocycles. The number of hydrogen-bond donors (Lipinski definition) is 2. The first-order valence-electron chi connectivity index (χ1n) is 5.66. The normalized spacial score (nSPS) is 12.3. The zero-order valence-electron chi connectivity index (χ0n) is 10.2. The number of hydrogen-bond acceptors (Lipinski definition) is 3. The number of rotatable bonds is 7.